The molecule has 4 N–H and O–H groups in total. The fraction of sp³-hybridized carbons (Fsp3) is 0.700. The van der Waals surface area contributed by atoms with Gasteiger partial charge in [0.2, 0.25) is 11.9 Å². The van der Waals surface area contributed by atoms with Crippen LogP contribution in [0.5, 0.6) is 6.01 Å². The van der Waals surface area contributed by atoms with Crippen molar-refractivity contribution in [2.45, 2.75) is 32.8 Å². The molecule has 0 fully saturated rings. The Kier molecular flexibility index (Phi) is 4.45. The van der Waals surface area contributed by atoms with Gasteiger partial charge in [0.1, 0.15) is 0 Å². The third-order valence-corrected chi connectivity index (χ3v) is 2.29. The van der Waals surface area contributed by atoms with E-state index in [4.69, 9.17) is 10.5 Å². The number of nitrogens with zero attached hydrogens (tertiary/aromatic N) is 3. The number of aliphatic hydroxyl groups is 1. The summed E-state index contributed by atoms with van der Waals surface area (Å²) in [4.78, 5) is 11.7. The summed E-state index contributed by atoms with van der Waals surface area (Å²) in [5.74, 6) is 0.386. The van der Waals surface area contributed by atoms with Crippen LogP contribution in [0, 0.1) is 0 Å². The van der Waals surface area contributed by atoms with E-state index in [0.717, 1.165) is 0 Å². The van der Waals surface area contributed by atoms with Gasteiger partial charge in [0.05, 0.1) is 12.2 Å². The SMILES string of the molecule is CCOc1nc(N)nc(NCC(C)(O)CC)n1. The smallest absolute Gasteiger partial charge is 0.323 e. The number of hydrogen-bond acceptors (Lipinski definition) is 7. The van der Waals surface area contributed by atoms with Crippen molar-refractivity contribution in [1.82, 2.24) is 15.0 Å². The average molecular weight is 241 g/mol. The van der Waals surface area contributed by atoms with Crippen molar-refractivity contribution >= 4 is 11.9 Å². The van der Waals surface area contributed by atoms with E-state index in [1.807, 2.05) is 13.8 Å². The topological polar surface area (TPSA) is 106 Å². The van der Waals surface area contributed by atoms with Gasteiger partial charge in [0, 0.05) is 6.54 Å². The monoisotopic (exact) mass is 241 g/mol. The molecule has 0 bridgehead atoms. The molecule has 7 nitrogen and oxygen atoms in total. The maximum atomic E-state index is 9.83. The molecule has 1 rings (SSSR count). The largest absolute Gasteiger partial charge is 0.464 e. The van der Waals surface area contributed by atoms with Crippen LogP contribution in [0.1, 0.15) is 27.2 Å². The van der Waals surface area contributed by atoms with Gasteiger partial charge < -0.3 is 20.9 Å². The summed E-state index contributed by atoms with van der Waals surface area (Å²) in [6.07, 6.45) is 0.624. The predicted octanol–water partition coefficient (Wildman–Crippen LogP) is 0.425. The first-order chi connectivity index (χ1) is 7.96. The molecule has 17 heavy (non-hydrogen) atoms. The first-order valence-corrected chi connectivity index (χ1v) is 5.57. The zero-order valence-corrected chi connectivity index (χ0v) is 10.4. The lowest BCUT2D eigenvalue weighted by Crippen LogP contribution is -2.33. The van der Waals surface area contributed by atoms with Gasteiger partial charge in [-0.2, -0.15) is 15.0 Å². The lowest BCUT2D eigenvalue weighted by Gasteiger charge is -2.21. The van der Waals surface area contributed by atoms with Gasteiger partial charge in [0.15, 0.2) is 0 Å². The summed E-state index contributed by atoms with van der Waals surface area (Å²) >= 11 is 0. The van der Waals surface area contributed by atoms with Gasteiger partial charge in [0.25, 0.3) is 0 Å². The normalized spacial score (nSPS) is 14.1. The Morgan fingerprint density at radius 1 is 1.35 bits per heavy atom. The molecule has 1 atom stereocenters. The molecule has 0 radical (unpaired) electrons. The highest BCUT2D eigenvalue weighted by Crippen LogP contribution is 2.12. The second kappa shape index (κ2) is 5.62. The quantitative estimate of drug-likeness (QED) is 0.662. The number of nitrogen functional groups attached to an aromatic ring is 1. The second-order valence-corrected chi connectivity index (χ2v) is 3.94. The van der Waals surface area contributed by atoms with Crippen LogP contribution in [0.3, 0.4) is 0 Å². The van der Waals surface area contributed by atoms with Gasteiger partial charge in [-0.25, -0.2) is 0 Å². The molecule has 0 aliphatic rings. The fourth-order valence-corrected chi connectivity index (χ4v) is 1.04. The zero-order chi connectivity index (χ0) is 12.9. The molecule has 7 heteroatoms. The van der Waals surface area contributed by atoms with Gasteiger partial charge in [-0.3, -0.25) is 0 Å². The lowest BCUT2D eigenvalue weighted by atomic mass is 10.0. The van der Waals surface area contributed by atoms with Crippen molar-refractivity contribution in [2.75, 3.05) is 24.2 Å². The van der Waals surface area contributed by atoms with Crippen LogP contribution in [0.15, 0.2) is 0 Å². The van der Waals surface area contributed by atoms with E-state index in [2.05, 4.69) is 20.3 Å². The van der Waals surface area contributed by atoms with Gasteiger partial charge >= 0.3 is 6.01 Å². The van der Waals surface area contributed by atoms with Crippen LogP contribution in [-0.2, 0) is 0 Å². The molecule has 0 amide bonds. The standard InChI is InChI=1S/C10H19N5O2/c1-4-10(3,16)6-12-8-13-7(11)14-9(15-8)17-5-2/h16H,4-6H2,1-3H3,(H3,11,12,13,14,15). The van der Waals surface area contributed by atoms with E-state index in [1.54, 1.807) is 6.92 Å². The maximum Gasteiger partial charge on any atom is 0.323 e. The molecule has 1 unspecified atom stereocenters. The molecule has 1 aromatic heterocycles. The minimum atomic E-state index is -0.812. The Balaban J connectivity index is 2.70. The van der Waals surface area contributed by atoms with Gasteiger partial charge in [-0.05, 0) is 20.3 Å². The minimum absolute atomic E-state index is 0.0853. The van der Waals surface area contributed by atoms with E-state index in [-0.39, 0.29) is 12.0 Å². The van der Waals surface area contributed by atoms with E-state index in [1.165, 1.54) is 0 Å². The van der Waals surface area contributed by atoms with Crippen molar-refractivity contribution in [3.63, 3.8) is 0 Å². The maximum absolute atomic E-state index is 9.83. The van der Waals surface area contributed by atoms with E-state index in [9.17, 15) is 5.11 Å². The number of anilines is 2. The number of nitrogens with one attached hydrogen (secondary N) is 1. The number of aromatic nitrogens is 3. The molecule has 0 saturated heterocycles. The molecule has 0 spiro atoms. The molecule has 1 heterocycles. The third-order valence-electron chi connectivity index (χ3n) is 2.29. The molecule has 1 aromatic rings. The summed E-state index contributed by atoms with van der Waals surface area (Å²) in [6.45, 7) is 6.24. The Hall–Kier alpha value is -1.63. The molecule has 0 aromatic carbocycles. The molecule has 96 valence electrons. The summed E-state index contributed by atoms with van der Waals surface area (Å²) < 4.78 is 5.14. The van der Waals surface area contributed by atoms with Crippen LogP contribution in [0.4, 0.5) is 11.9 Å². The van der Waals surface area contributed by atoms with Crippen LogP contribution in [0.2, 0.25) is 0 Å². The van der Waals surface area contributed by atoms with Crippen molar-refractivity contribution in [3.05, 3.63) is 0 Å². The number of nitrogens with two attached hydrogens (primary N) is 1. The fourth-order valence-electron chi connectivity index (χ4n) is 1.04. The van der Waals surface area contributed by atoms with E-state index >= 15 is 0 Å². The van der Waals surface area contributed by atoms with Crippen LogP contribution < -0.4 is 15.8 Å². The van der Waals surface area contributed by atoms with Crippen LogP contribution in [0.25, 0.3) is 0 Å². The van der Waals surface area contributed by atoms with Gasteiger partial charge in [-0.1, -0.05) is 6.92 Å². The highest BCUT2D eigenvalue weighted by Gasteiger charge is 2.17. The third kappa shape index (κ3) is 4.39. The lowest BCUT2D eigenvalue weighted by molar-refractivity contribution is 0.0695. The Bertz CT molecular complexity index is 370. The summed E-state index contributed by atoms with van der Waals surface area (Å²) in [6, 6.07) is 0.179. The molecular formula is C10H19N5O2. The second-order valence-electron chi connectivity index (χ2n) is 3.94. The molecular weight excluding hydrogens is 222 g/mol. The van der Waals surface area contributed by atoms with Crippen molar-refractivity contribution in [1.29, 1.82) is 0 Å². The first kappa shape index (κ1) is 13.4. The van der Waals surface area contributed by atoms with Crippen LogP contribution in [-0.4, -0.2) is 38.8 Å². The van der Waals surface area contributed by atoms with Crippen molar-refractivity contribution < 1.29 is 9.84 Å². The van der Waals surface area contributed by atoms with Crippen molar-refractivity contribution in [3.8, 4) is 6.01 Å². The average Bonchev–Trinajstić information content (AvgIpc) is 2.26. The van der Waals surface area contributed by atoms with Gasteiger partial charge in [-0.15, -0.1) is 0 Å². The number of hydrogen-bond donors (Lipinski definition) is 3. The summed E-state index contributed by atoms with van der Waals surface area (Å²) in [5.41, 5.74) is 4.70. The van der Waals surface area contributed by atoms with Crippen molar-refractivity contribution in [2.24, 2.45) is 0 Å². The molecule has 0 aliphatic heterocycles. The predicted molar refractivity (Wildman–Crippen MR) is 64.8 cm³/mol. The van der Waals surface area contributed by atoms with E-state index < -0.39 is 5.60 Å². The Morgan fingerprint density at radius 2 is 2.06 bits per heavy atom. The first-order valence-electron chi connectivity index (χ1n) is 5.57. The highest BCUT2D eigenvalue weighted by atomic mass is 16.5. The minimum Gasteiger partial charge on any atom is -0.464 e. The van der Waals surface area contributed by atoms with E-state index in [0.29, 0.717) is 25.5 Å². The molecule has 0 aliphatic carbocycles. The summed E-state index contributed by atoms with van der Waals surface area (Å²) in [5, 5.41) is 12.7. The zero-order valence-electron chi connectivity index (χ0n) is 10.4. The molecule has 0 saturated carbocycles. The summed E-state index contributed by atoms with van der Waals surface area (Å²) in [7, 11) is 0. The number of ether oxygens (including phenoxy) is 1. The Labute approximate surface area is 100 Å². The Morgan fingerprint density at radius 3 is 2.65 bits per heavy atom. The number of rotatable bonds is 6. The highest BCUT2D eigenvalue weighted by molar-refractivity contribution is 5.32. The van der Waals surface area contributed by atoms with Crippen LogP contribution >= 0.6 is 0 Å².